The van der Waals surface area contributed by atoms with Gasteiger partial charge in [0.15, 0.2) is 0 Å². The van der Waals surface area contributed by atoms with Crippen molar-refractivity contribution in [1.29, 1.82) is 0 Å². The highest BCUT2D eigenvalue weighted by molar-refractivity contribution is 6.31. The quantitative estimate of drug-likeness (QED) is 0.847. The van der Waals surface area contributed by atoms with Gasteiger partial charge in [0.2, 0.25) is 5.91 Å². The summed E-state index contributed by atoms with van der Waals surface area (Å²) in [4.78, 5) is 11.9. The van der Waals surface area contributed by atoms with Gasteiger partial charge in [0.1, 0.15) is 6.54 Å². The second-order valence-electron chi connectivity index (χ2n) is 4.32. The summed E-state index contributed by atoms with van der Waals surface area (Å²) in [6.45, 7) is 3.76. The van der Waals surface area contributed by atoms with Gasteiger partial charge in [-0.2, -0.15) is 5.10 Å². The molecule has 1 amide bonds. The molecule has 0 aliphatic rings. The lowest BCUT2D eigenvalue weighted by Crippen LogP contribution is -2.20. The first-order valence-electron chi connectivity index (χ1n) is 5.82. The van der Waals surface area contributed by atoms with E-state index in [1.807, 2.05) is 13.8 Å². The Bertz CT molecular complexity index is 621. The average Bonchev–Trinajstić information content (AvgIpc) is 2.57. The molecule has 0 radical (unpaired) electrons. The van der Waals surface area contributed by atoms with Crippen LogP contribution in [0.15, 0.2) is 24.3 Å². The van der Waals surface area contributed by atoms with Gasteiger partial charge in [-0.3, -0.25) is 9.48 Å². The lowest BCUT2D eigenvalue weighted by Gasteiger charge is -2.07. The van der Waals surface area contributed by atoms with Crippen LogP contribution in [0.25, 0.3) is 0 Å². The second kappa shape index (κ2) is 5.32. The molecule has 100 valence electrons. The molecule has 0 fully saturated rings. The molecule has 1 aromatic carbocycles. The molecule has 0 saturated carbocycles. The van der Waals surface area contributed by atoms with Crippen molar-refractivity contribution in [3.05, 3.63) is 40.7 Å². The van der Waals surface area contributed by atoms with Crippen molar-refractivity contribution in [2.75, 3.05) is 11.1 Å². The molecule has 0 aliphatic carbocycles. The highest BCUT2D eigenvalue weighted by Gasteiger charge is 2.12. The van der Waals surface area contributed by atoms with Crippen molar-refractivity contribution in [3.63, 3.8) is 0 Å². The van der Waals surface area contributed by atoms with E-state index in [0.29, 0.717) is 16.4 Å². The smallest absolute Gasteiger partial charge is 0.246 e. The van der Waals surface area contributed by atoms with E-state index in [4.69, 9.17) is 17.3 Å². The summed E-state index contributed by atoms with van der Waals surface area (Å²) in [6.07, 6.45) is 0. The number of hydrogen-bond donors (Lipinski definition) is 2. The van der Waals surface area contributed by atoms with Gasteiger partial charge in [0.25, 0.3) is 0 Å². The molecule has 1 aromatic heterocycles. The minimum Gasteiger partial charge on any atom is -0.399 e. The molecular formula is C13H15ClN4O. The van der Waals surface area contributed by atoms with Gasteiger partial charge < -0.3 is 11.1 Å². The molecule has 5 nitrogen and oxygen atoms in total. The van der Waals surface area contributed by atoms with Crippen LogP contribution < -0.4 is 11.1 Å². The highest BCUT2D eigenvalue weighted by atomic mass is 35.5. The Balaban J connectivity index is 2.07. The summed E-state index contributed by atoms with van der Waals surface area (Å²) in [5.41, 5.74) is 8.41. The predicted molar refractivity (Wildman–Crippen MR) is 76.2 cm³/mol. The topological polar surface area (TPSA) is 72.9 Å². The number of amides is 1. The molecule has 0 saturated heterocycles. The van der Waals surface area contributed by atoms with Gasteiger partial charge in [-0.15, -0.1) is 0 Å². The fourth-order valence-electron chi connectivity index (χ4n) is 1.78. The largest absolute Gasteiger partial charge is 0.399 e. The number of nitrogens with two attached hydrogens (primary N) is 1. The summed E-state index contributed by atoms with van der Waals surface area (Å²) in [5.74, 6) is -0.173. The number of aromatic nitrogens is 2. The third-order valence-electron chi connectivity index (χ3n) is 2.76. The molecular weight excluding hydrogens is 264 g/mol. The van der Waals surface area contributed by atoms with E-state index >= 15 is 0 Å². The summed E-state index contributed by atoms with van der Waals surface area (Å²) in [6, 6.07) is 7.02. The van der Waals surface area contributed by atoms with Crippen molar-refractivity contribution in [2.24, 2.45) is 0 Å². The Kier molecular flexibility index (Phi) is 3.76. The van der Waals surface area contributed by atoms with Gasteiger partial charge >= 0.3 is 0 Å². The van der Waals surface area contributed by atoms with E-state index in [2.05, 4.69) is 10.4 Å². The number of anilines is 2. The Labute approximate surface area is 116 Å². The minimum absolute atomic E-state index is 0.119. The van der Waals surface area contributed by atoms with Crippen LogP contribution in [-0.2, 0) is 11.3 Å². The van der Waals surface area contributed by atoms with Gasteiger partial charge in [-0.05, 0) is 32.0 Å². The number of carbonyl (C=O) groups is 1. The maximum Gasteiger partial charge on any atom is 0.246 e. The molecule has 19 heavy (non-hydrogen) atoms. The van der Waals surface area contributed by atoms with Crippen LogP contribution in [0.1, 0.15) is 11.4 Å². The summed E-state index contributed by atoms with van der Waals surface area (Å²) in [5, 5.41) is 7.57. The fraction of sp³-hybridized carbons (Fsp3) is 0.231. The van der Waals surface area contributed by atoms with Crippen molar-refractivity contribution in [3.8, 4) is 0 Å². The van der Waals surface area contributed by atoms with Gasteiger partial charge in [0, 0.05) is 11.4 Å². The number of aryl methyl sites for hydroxylation is 1. The molecule has 0 unspecified atom stereocenters. The first-order chi connectivity index (χ1) is 8.97. The first kappa shape index (κ1) is 13.4. The number of halogens is 1. The number of benzene rings is 1. The lowest BCUT2D eigenvalue weighted by atomic mass is 10.3. The van der Waals surface area contributed by atoms with E-state index in [1.165, 1.54) is 0 Å². The van der Waals surface area contributed by atoms with E-state index in [9.17, 15) is 4.79 Å². The van der Waals surface area contributed by atoms with Crippen molar-refractivity contribution >= 4 is 28.9 Å². The molecule has 3 N–H and O–H groups in total. The Morgan fingerprint density at radius 3 is 2.79 bits per heavy atom. The van der Waals surface area contributed by atoms with E-state index in [1.54, 1.807) is 28.9 Å². The molecule has 0 spiro atoms. The Hall–Kier alpha value is -2.01. The number of nitrogen functional groups attached to an aromatic ring is 1. The maximum absolute atomic E-state index is 11.9. The lowest BCUT2D eigenvalue weighted by molar-refractivity contribution is -0.116. The van der Waals surface area contributed by atoms with E-state index in [-0.39, 0.29) is 12.5 Å². The standard InChI is InChI=1S/C13H15ClN4O/c1-8-13(14)9(2)18(17-8)7-12(19)16-11-5-3-4-10(15)6-11/h3-6H,7,15H2,1-2H3,(H,16,19). The van der Waals surface area contributed by atoms with Crippen molar-refractivity contribution < 1.29 is 4.79 Å². The van der Waals surface area contributed by atoms with Crippen molar-refractivity contribution in [2.45, 2.75) is 20.4 Å². The van der Waals surface area contributed by atoms with Crippen LogP contribution in [0.3, 0.4) is 0 Å². The molecule has 0 bridgehead atoms. The maximum atomic E-state index is 11.9. The number of carbonyl (C=O) groups excluding carboxylic acids is 1. The molecule has 0 atom stereocenters. The fourth-order valence-corrected chi connectivity index (χ4v) is 1.92. The second-order valence-corrected chi connectivity index (χ2v) is 4.69. The summed E-state index contributed by atoms with van der Waals surface area (Å²) in [7, 11) is 0. The average molecular weight is 279 g/mol. The molecule has 6 heteroatoms. The molecule has 2 aromatic rings. The third-order valence-corrected chi connectivity index (χ3v) is 3.30. The Morgan fingerprint density at radius 2 is 2.21 bits per heavy atom. The summed E-state index contributed by atoms with van der Waals surface area (Å²) >= 11 is 6.03. The van der Waals surface area contributed by atoms with Crippen LogP contribution >= 0.6 is 11.6 Å². The number of nitrogens with one attached hydrogen (secondary N) is 1. The number of nitrogens with zero attached hydrogens (tertiary/aromatic N) is 2. The van der Waals surface area contributed by atoms with Crippen LogP contribution in [0.2, 0.25) is 5.02 Å². The monoisotopic (exact) mass is 278 g/mol. The minimum atomic E-state index is -0.173. The number of rotatable bonds is 3. The molecule has 1 heterocycles. The summed E-state index contributed by atoms with van der Waals surface area (Å²) < 4.78 is 1.58. The highest BCUT2D eigenvalue weighted by Crippen LogP contribution is 2.19. The third kappa shape index (κ3) is 3.06. The SMILES string of the molecule is Cc1nn(CC(=O)Nc2cccc(N)c2)c(C)c1Cl. The van der Waals surface area contributed by atoms with E-state index in [0.717, 1.165) is 11.4 Å². The molecule has 0 aliphatic heterocycles. The van der Waals surface area contributed by atoms with Crippen LogP contribution in [0.5, 0.6) is 0 Å². The number of hydrogen-bond acceptors (Lipinski definition) is 3. The predicted octanol–water partition coefficient (Wildman–Crippen LogP) is 2.37. The zero-order chi connectivity index (χ0) is 14.0. The van der Waals surface area contributed by atoms with Crippen LogP contribution in [-0.4, -0.2) is 15.7 Å². The Morgan fingerprint density at radius 1 is 1.47 bits per heavy atom. The van der Waals surface area contributed by atoms with Crippen molar-refractivity contribution in [1.82, 2.24) is 9.78 Å². The van der Waals surface area contributed by atoms with Crippen LogP contribution in [0, 0.1) is 13.8 Å². The normalized spacial score (nSPS) is 10.5. The van der Waals surface area contributed by atoms with E-state index < -0.39 is 0 Å². The first-order valence-corrected chi connectivity index (χ1v) is 6.20. The van der Waals surface area contributed by atoms with Gasteiger partial charge in [-0.1, -0.05) is 17.7 Å². The van der Waals surface area contributed by atoms with Crippen LogP contribution in [0.4, 0.5) is 11.4 Å². The zero-order valence-electron chi connectivity index (χ0n) is 10.8. The zero-order valence-corrected chi connectivity index (χ0v) is 11.5. The van der Waals surface area contributed by atoms with Gasteiger partial charge in [0.05, 0.1) is 16.4 Å². The van der Waals surface area contributed by atoms with Gasteiger partial charge in [-0.25, -0.2) is 0 Å². The molecule has 2 rings (SSSR count).